The van der Waals surface area contributed by atoms with E-state index >= 15 is 0 Å². The van der Waals surface area contributed by atoms with Crippen LogP contribution in [0.2, 0.25) is 5.02 Å². The van der Waals surface area contributed by atoms with Crippen molar-refractivity contribution in [2.24, 2.45) is 0 Å². The van der Waals surface area contributed by atoms with Crippen LogP contribution in [-0.2, 0) is 11.3 Å². The molecule has 1 aromatic rings. The molecule has 3 amide bonds. The molecule has 1 saturated heterocycles. The van der Waals surface area contributed by atoms with E-state index in [4.69, 9.17) is 11.6 Å². The fraction of sp³-hybridized carbons (Fsp3) is 0.556. The quantitative estimate of drug-likeness (QED) is 0.848. The number of urea groups is 1. The normalized spacial score (nSPS) is 20.5. The molecule has 1 aromatic carbocycles. The van der Waals surface area contributed by atoms with Crippen molar-refractivity contribution in [3.8, 4) is 0 Å². The van der Waals surface area contributed by atoms with Gasteiger partial charge in [0.2, 0.25) is 0 Å². The first-order chi connectivity index (χ1) is 11.5. The van der Waals surface area contributed by atoms with E-state index in [1.54, 1.807) is 0 Å². The number of imide groups is 1. The van der Waals surface area contributed by atoms with Crippen LogP contribution in [0.1, 0.15) is 44.1 Å². The lowest BCUT2D eigenvalue weighted by molar-refractivity contribution is -0.133. The minimum Gasteiger partial charge on any atom is -0.323 e. The maximum Gasteiger partial charge on any atom is 0.326 e. The van der Waals surface area contributed by atoms with Gasteiger partial charge in [0.05, 0.1) is 6.67 Å². The molecule has 1 aliphatic carbocycles. The summed E-state index contributed by atoms with van der Waals surface area (Å²) in [6.07, 6.45) is 5.80. The summed E-state index contributed by atoms with van der Waals surface area (Å²) >= 11 is 5.90. The number of amides is 3. The molecule has 130 valence electrons. The molecule has 0 aromatic heterocycles. The van der Waals surface area contributed by atoms with Crippen LogP contribution in [0.15, 0.2) is 24.3 Å². The SMILES string of the molecule is CN(Cc1ccc(Cl)cc1)CN1C(=O)NC2(CCCCCC2)C1=O. The van der Waals surface area contributed by atoms with Gasteiger partial charge in [0.1, 0.15) is 5.54 Å². The summed E-state index contributed by atoms with van der Waals surface area (Å²) in [7, 11) is 1.91. The number of hydrogen-bond acceptors (Lipinski definition) is 3. The Morgan fingerprint density at radius 2 is 1.75 bits per heavy atom. The summed E-state index contributed by atoms with van der Waals surface area (Å²) in [6.45, 7) is 0.955. The molecule has 5 nitrogen and oxygen atoms in total. The van der Waals surface area contributed by atoms with E-state index in [9.17, 15) is 9.59 Å². The second-order valence-corrected chi connectivity index (χ2v) is 7.38. The molecular formula is C18H24ClN3O2. The lowest BCUT2D eigenvalue weighted by Gasteiger charge is -2.26. The fourth-order valence-corrected chi connectivity index (χ4v) is 3.79. The molecule has 6 heteroatoms. The number of nitrogens with one attached hydrogen (secondary N) is 1. The third kappa shape index (κ3) is 3.57. The molecule has 1 heterocycles. The zero-order chi connectivity index (χ0) is 17.2. The van der Waals surface area contributed by atoms with Crippen molar-refractivity contribution < 1.29 is 9.59 Å². The monoisotopic (exact) mass is 349 g/mol. The lowest BCUT2D eigenvalue weighted by atomic mass is 9.90. The number of benzene rings is 1. The third-order valence-electron chi connectivity index (χ3n) is 4.95. The molecule has 24 heavy (non-hydrogen) atoms. The average Bonchev–Trinajstić information content (AvgIpc) is 2.73. The van der Waals surface area contributed by atoms with Crippen molar-refractivity contribution in [3.05, 3.63) is 34.9 Å². The Hall–Kier alpha value is -1.59. The van der Waals surface area contributed by atoms with Gasteiger partial charge in [-0.1, -0.05) is 49.4 Å². The molecular weight excluding hydrogens is 326 g/mol. The van der Waals surface area contributed by atoms with Crippen LogP contribution in [0.4, 0.5) is 4.79 Å². The van der Waals surface area contributed by atoms with E-state index in [0.29, 0.717) is 18.2 Å². The summed E-state index contributed by atoms with van der Waals surface area (Å²) in [5.74, 6) is -0.0580. The lowest BCUT2D eigenvalue weighted by Crippen LogP contribution is -2.47. The van der Waals surface area contributed by atoms with Gasteiger partial charge in [0, 0.05) is 11.6 Å². The van der Waals surface area contributed by atoms with Gasteiger partial charge < -0.3 is 5.32 Å². The first-order valence-electron chi connectivity index (χ1n) is 8.57. The van der Waals surface area contributed by atoms with Gasteiger partial charge in [-0.25, -0.2) is 9.69 Å². The Bertz CT molecular complexity index is 609. The molecule has 3 rings (SSSR count). The van der Waals surface area contributed by atoms with E-state index < -0.39 is 5.54 Å². The van der Waals surface area contributed by atoms with Gasteiger partial charge in [-0.2, -0.15) is 0 Å². The highest BCUT2D eigenvalue weighted by Crippen LogP contribution is 2.32. The Labute approximate surface area is 147 Å². The van der Waals surface area contributed by atoms with Crippen LogP contribution in [0.5, 0.6) is 0 Å². The smallest absolute Gasteiger partial charge is 0.323 e. The predicted octanol–water partition coefficient (Wildman–Crippen LogP) is 3.37. The summed E-state index contributed by atoms with van der Waals surface area (Å²) < 4.78 is 0. The largest absolute Gasteiger partial charge is 0.326 e. The van der Waals surface area contributed by atoms with Crippen molar-refractivity contribution >= 4 is 23.5 Å². The maximum absolute atomic E-state index is 12.9. The molecule has 2 fully saturated rings. The second kappa shape index (κ2) is 7.11. The molecule has 1 aliphatic heterocycles. The highest BCUT2D eigenvalue weighted by atomic mass is 35.5. The zero-order valence-corrected chi connectivity index (χ0v) is 14.8. The van der Waals surface area contributed by atoms with Crippen LogP contribution < -0.4 is 5.32 Å². The number of halogens is 1. The zero-order valence-electron chi connectivity index (χ0n) is 14.1. The van der Waals surface area contributed by atoms with E-state index in [-0.39, 0.29) is 11.9 Å². The van der Waals surface area contributed by atoms with Gasteiger partial charge in [0.25, 0.3) is 5.91 Å². The predicted molar refractivity (Wildman–Crippen MR) is 93.6 cm³/mol. The van der Waals surface area contributed by atoms with Crippen LogP contribution in [0.3, 0.4) is 0 Å². The first-order valence-corrected chi connectivity index (χ1v) is 8.95. The van der Waals surface area contributed by atoms with Crippen molar-refractivity contribution in [2.45, 2.75) is 50.6 Å². The molecule has 0 bridgehead atoms. The van der Waals surface area contributed by atoms with Gasteiger partial charge in [-0.05, 0) is 37.6 Å². The Balaban J connectivity index is 1.64. The molecule has 0 unspecified atom stereocenters. The van der Waals surface area contributed by atoms with Crippen LogP contribution in [0, 0.1) is 0 Å². The molecule has 0 atom stereocenters. The van der Waals surface area contributed by atoms with Crippen LogP contribution in [0.25, 0.3) is 0 Å². The highest BCUT2D eigenvalue weighted by molar-refractivity contribution is 6.30. The Kier molecular flexibility index (Phi) is 5.11. The number of carbonyl (C=O) groups is 2. The molecule has 1 spiro atoms. The van der Waals surface area contributed by atoms with E-state index in [0.717, 1.165) is 44.1 Å². The van der Waals surface area contributed by atoms with Gasteiger partial charge in [-0.3, -0.25) is 9.69 Å². The van der Waals surface area contributed by atoms with Gasteiger partial charge >= 0.3 is 6.03 Å². The van der Waals surface area contributed by atoms with E-state index in [1.807, 2.05) is 36.2 Å². The highest BCUT2D eigenvalue weighted by Gasteiger charge is 2.50. The van der Waals surface area contributed by atoms with Gasteiger partial charge in [0.15, 0.2) is 0 Å². The molecule has 1 N–H and O–H groups in total. The summed E-state index contributed by atoms with van der Waals surface area (Å²) in [4.78, 5) is 28.6. The maximum atomic E-state index is 12.9. The van der Waals surface area contributed by atoms with Crippen LogP contribution >= 0.6 is 11.6 Å². The standard InChI is InChI=1S/C18H24ClN3O2/c1-21(12-14-6-8-15(19)9-7-14)13-22-16(23)18(20-17(22)24)10-4-2-3-5-11-18/h6-9H,2-5,10-13H2,1H3,(H,20,24). The van der Waals surface area contributed by atoms with Crippen LogP contribution in [-0.4, -0.2) is 41.0 Å². The third-order valence-corrected chi connectivity index (χ3v) is 5.20. The summed E-state index contributed by atoms with van der Waals surface area (Å²) in [5.41, 5.74) is 0.437. The number of rotatable bonds is 4. The van der Waals surface area contributed by atoms with Crippen molar-refractivity contribution in [1.29, 1.82) is 0 Å². The van der Waals surface area contributed by atoms with Crippen molar-refractivity contribution in [1.82, 2.24) is 15.1 Å². The topological polar surface area (TPSA) is 52.6 Å². The number of hydrogen-bond donors (Lipinski definition) is 1. The first kappa shape index (κ1) is 17.2. The van der Waals surface area contributed by atoms with E-state index in [2.05, 4.69) is 5.32 Å². The second-order valence-electron chi connectivity index (χ2n) is 6.94. The minimum atomic E-state index is -0.658. The fourth-order valence-electron chi connectivity index (χ4n) is 3.67. The van der Waals surface area contributed by atoms with E-state index in [1.165, 1.54) is 4.90 Å². The molecule has 2 aliphatic rings. The summed E-state index contributed by atoms with van der Waals surface area (Å²) in [6, 6.07) is 7.34. The summed E-state index contributed by atoms with van der Waals surface area (Å²) in [5, 5.41) is 3.68. The minimum absolute atomic E-state index is 0.0580. The van der Waals surface area contributed by atoms with Crippen molar-refractivity contribution in [2.75, 3.05) is 13.7 Å². The van der Waals surface area contributed by atoms with Gasteiger partial charge in [-0.15, -0.1) is 0 Å². The number of nitrogens with zero attached hydrogens (tertiary/aromatic N) is 2. The average molecular weight is 350 g/mol. The number of carbonyl (C=O) groups excluding carboxylic acids is 2. The Morgan fingerprint density at radius 3 is 2.38 bits per heavy atom. The Morgan fingerprint density at radius 1 is 1.12 bits per heavy atom. The van der Waals surface area contributed by atoms with Crippen molar-refractivity contribution in [3.63, 3.8) is 0 Å². The molecule has 0 radical (unpaired) electrons. The molecule has 1 saturated carbocycles.